The smallest absolute Gasteiger partial charge is 0.207 e. The summed E-state index contributed by atoms with van der Waals surface area (Å²) in [6, 6.07) is 8.06. The van der Waals surface area contributed by atoms with E-state index >= 15 is 0 Å². The molecule has 1 aromatic rings. The first-order chi connectivity index (χ1) is 10.2. The van der Waals surface area contributed by atoms with Crippen LogP contribution in [-0.4, -0.2) is 14.5 Å². The van der Waals surface area contributed by atoms with Crippen LogP contribution in [0.15, 0.2) is 29.2 Å². The van der Waals surface area contributed by atoms with Gasteiger partial charge in [0.2, 0.25) is 10.0 Å². The van der Waals surface area contributed by atoms with Gasteiger partial charge in [-0.3, -0.25) is 0 Å². The van der Waals surface area contributed by atoms with Crippen molar-refractivity contribution in [1.82, 2.24) is 4.72 Å². The SMILES string of the molecule is CC1(C)[C@@H]2CC[C@](C)(C2)[C@@H]1NS(=O)(=O)c1ccc(C#N)cc1. The highest BCUT2D eigenvalue weighted by molar-refractivity contribution is 7.89. The molecule has 1 N–H and O–H groups in total. The number of nitrogens with one attached hydrogen (secondary N) is 1. The molecule has 0 radical (unpaired) electrons. The second kappa shape index (κ2) is 4.81. The van der Waals surface area contributed by atoms with E-state index in [4.69, 9.17) is 5.26 Å². The van der Waals surface area contributed by atoms with Crippen LogP contribution >= 0.6 is 0 Å². The Balaban J connectivity index is 1.90. The maximum atomic E-state index is 12.7. The molecule has 5 heteroatoms. The molecule has 2 bridgehead atoms. The topological polar surface area (TPSA) is 70.0 Å². The van der Waals surface area contributed by atoms with Crippen molar-refractivity contribution in [3.63, 3.8) is 0 Å². The van der Waals surface area contributed by atoms with Crippen LogP contribution in [0, 0.1) is 28.1 Å². The molecular formula is C17H22N2O2S. The summed E-state index contributed by atoms with van der Waals surface area (Å²) in [4.78, 5) is 0.230. The third kappa shape index (κ3) is 2.26. The Bertz CT molecular complexity index is 726. The van der Waals surface area contributed by atoms with Crippen LogP contribution in [0.2, 0.25) is 0 Å². The lowest BCUT2D eigenvalue weighted by Crippen LogP contribution is -2.52. The summed E-state index contributed by atoms with van der Waals surface area (Å²) >= 11 is 0. The van der Waals surface area contributed by atoms with E-state index in [0.717, 1.165) is 12.8 Å². The zero-order valence-corrected chi connectivity index (χ0v) is 14.1. The molecule has 2 fully saturated rings. The standard InChI is InChI=1S/C17H22N2O2S/c1-16(2)13-8-9-17(3,10-13)15(16)19-22(20,21)14-6-4-12(11-18)5-7-14/h4-7,13,15,19H,8-10H2,1-3H3/t13-,15-,17-/m1/s1. The average Bonchev–Trinajstić information content (AvgIpc) is 2.95. The summed E-state index contributed by atoms with van der Waals surface area (Å²) in [5, 5.41) is 8.82. The molecule has 4 nitrogen and oxygen atoms in total. The monoisotopic (exact) mass is 318 g/mol. The van der Waals surface area contributed by atoms with Crippen LogP contribution in [-0.2, 0) is 10.0 Å². The minimum Gasteiger partial charge on any atom is -0.207 e. The molecule has 3 atom stereocenters. The average molecular weight is 318 g/mol. The van der Waals surface area contributed by atoms with Crippen molar-refractivity contribution >= 4 is 10.0 Å². The Morgan fingerprint density at radius 2 is 1.86 bits per heavy atom. The van der Waals surface area contributed by atoms with Gasteiger partial charge >= 0.3 is 0 Å². The van der Waals surface area contributed by atoms with Crippen molar-refractivity contribution in [2.45, 2.75) is 51.0 Å². The predicted octanol–water partition coefficient (Wildman–Crippen LogP) is 3.05. The van der Waals surface area contributed by atoms with Gasteiger partial charge in [0.05, 0.1) is 16.5 Å². The van der Waals surface area contributed by atoms with E-state index in [2.05, 4.69) is 25.5 Å². The maximum absolute atomic E-state index is 12.7. The highest BCUT2D eigenvalue weighted by Crippen LogP contribution is 2.62. The highest BCUT2D eigenvalue weighted by Gasteiger charge is 2.60. The Morgan fingerprint density at radius 1 is 1.23 bits per heavy atom. The summed E-state index contributed by atoms with van der Waals surface area (Å²) in [7, 11) is -3.56. The normalized spacial score (nSPS) is 32.8. The minimum atomic E-state index is -3.56. The molecule has 0 aromatic heterocycles. The van der Waals surface area contributed by atoms with Crippen molar-refractivity contribution < 1.29 is 8.42 Å². The highest BCUT2D eigenvalue weighted by atomic mass is 32.2. The van der Waals surface area contributed by atoms with Crippen molar-refractivity contribution in [2.24, 2.45) is 16.7 Å². The molecule has 0 amide bonds. The fourth-order valence-electron chi connectivity index (χ4n) is 4.53. The number of sulfonamides is 1. The Hall–Kier alpha value is -1.38. The molecular weight excluding hydrogens is 296 g/mol. The summed E-state index contributed by atoms with van der Waals surface area (Å²) < 4.78 is 28.4. The van der Waals surface area contributed by atoms with E-state index in [1.165, 1.54) is 18.6 Å². The molecule has 3 rings (SSSR count). The lowest BCUT2D eigenvalue weighted by molar-refractivity contribution is 0.127. The van der Waals surface area contributed by atoms with Crippen LogP contribution in [0.25, 0.3) is 0 Å². The molecule has 2 saturated carbocycles. The summed E-state index contributed by atoms with van der Waals surface area (Å²) in [5.74, 6) is 0.589. The minimum absolute atomic E-state index is 0.0212. The van der Waals surface area contributed by atoms with E-state index in [1.54, 1.807) is 12.1 Å². The number of nitriles is 1. The van der Waals surface area contributed by atoms with Crippen molar-refractivity contribution in [3.05, 3.63) is 29.8 Å². The first kappa shape index (κ1) is 15.5. The summed E-state index contributed by atoms with van der Waals surface area (Å²) in [6.07, 6.45) is 3.38. The van der Waals surface area contributed by atoms with E-state index in [0.29, 0.717) is 11.5 Å². The van der Waals surface area contributed by atoms with Gasteiger partial charge in [0.25, 0.3) is 0 Å². The number of hydrogen-bond acceptors (Lipinski definition) is 3. The Morgan fingerprint density at radius 3 is 2.36 bits per heavy atom. The molecule has 0 heterocycles. The van der Waals surface area contributed by atoms with Gasteiger partial charge in [-0.05, 0) is 60.3 Å². The molecule has 0 unspecified atom stereocenters. The predicted molar refractivity (Wildman–Crippen MR) is 84.5 cm³/mol. The first-order valence-electron chi connectivity index (χ1n) is 7.71. The van der Waals surface area contributed by atoms with Gasteiger partial charge in [-0.2, -0.15) is 5.26 Å². The van der Waals surface area contributed by atoms with Gasteiger partial charge in [-0.15, -0.1) is 0 Å². The van der Waals surface area contributed by atoms with Gasteiger partial charge in [0, 0.05) is 6.04 Å². The fourth-order valence-corrected chi connectivity index (χ4v) is 6.06. The van der Waals surface area contributed by atoms with E-state index in [1.807, 2.05) is 6.07 Å². The molecule has 118 valence electrons. The van der Waals surface area contributed by atoms with Crippen molar-refractivity contribution in [2.75, 3.05) is 0 Å². The Labute approximate surface area is 132 Å². The number of rotatable bonds is 3. The van der Waals surface area contributed by atoms with Crippen LogP contribution in [0.5, 0.6) is 0 Å². The van der Waals surface area contributed by atoms with Crippen molar-refractivity contribution in [3.8, 4) is 6.07 Å². The zero-order chi connectivity index (χ0) is 16.2. The third-order valence-electron chi connectivity index (χ3n) is 5.84. The second-order valence-electron chi connectivity index (χ2n) is 7.61. The quantitative estimate of drug-likeness (QED) is 0.931. The Kier molecular flexibility index (Phi) is 3.39. The first-order valence-corrected chi connectivity index (χ1v) is 9.20. The van der Waals surface area contributed by atoms with Gasteiger partial charge in [-0.1, -0.05) is 20.8 Å². The molecule has 0 spiro atoms. The van der Waals surface area contributed by atoms with Crippen LogP contribution < -0.4 is 4.72 Å². The van der Waals surface area contributed by atoms with Crippen molar-refractivity contribution in [1.29, 1.82) is 5.26 Å². The number of benzene rings is 1. The number of nitrogens with zero attached hydrogens (tertiary/aromatic N) is 1. The van der Waals surface area contributed by atoms with E-state index in [9.17, 15) is 8.42 Å². The van der Waals surface area contributed by atoms with Gasteiger partial charge < -0.3 is 0 Å². The molecule has 2 aliphatic carbocycles. The van der Waals surface area contributed by atoms with Crippen LogP contribution in [0.1, 0.15) is 45.6 Å². The zero-order valence-electron chi connectivity index (χ0n) is 13.3. The summed E-state index contributed by atoms with van der Waals surface area (Å²) in [5.41, 5.74) is 0.492. The van der Waals surface area contributed by atoms with Crippen LogP contribution in [0.3, 0.4) is 0 Å². The van der Waals surface area contributed by atoms with E-state index < -0.39 is 10.0 Å². The maximum Gasteiger partial charge on any atom is 0.240 e. The molecule has 0 aliphatic heterocycles. The fraction of sp³-hybridized carbons (Fsp3) is 0.588. The van der Waals surface area contributed by atoms with Crippen LogP contribution in [0.4, 0.5) is 0 Å². The molecule has 1 aromatic carbocycles. The molecule has 2 aliphatic rings. The second-order valence-corrected chi connectivity index (χ2v) is 9.32. The van der Waals surface area contributed by atoms with Gasteiger partial charge in [0.15, 0.2) is 0 Å². The largest absolute Gasteiger partial charge is 0.240 e. The lowest BCUT2D eigenvalue weighted by atomic mass is 9.69. The molecule has 0 saturated heterocycles. The lowest BCUT2D eigenvalue weighted by Gasteiger charge is -2.42. The number of hydrogen-bond donors (Lipinski definition) is 1. The van der Waals surface area contributed by atoms with Gasteiger partial charge in [0.1, 0.15) is 0 Å². The molecule has 22 heavy (non-hydrogen) atoms. The summed E-state index contributed by atoms with van der Waals surface area (Å²) in [6.45, 7) is 6.55. The third-order valence-corrected chi connectivity index (χ3v) is 7.28. The number of fused-ring (bicyclic) bond motifs is 2. The van der Waals surface area contributed by atoms with E-state index in [-0.39, 0.29) is 21.8 Å². The van der Waals surface area contributed by atoms with Gasteiger partial charge in [-0.25, -0.2) is 13.1 Å².